The minimum absolute atomic E-state index is 0.207. The Kier molecular flexibility index (Phi) is 9.12. The molecule has 1 unspecified atom stereocenters. The molecule has 2 aliphatic rings. The third kappa shape index (κ3) is 6.73. The molecule has 13 nitrogen and oxygen atoms in total. The van der Waals surface area contributed by atoms with Crippen LogP contribution in [-0.2, 0) is 23.0 Å². The molecule has 1 atom stereocenters. The molecule has 2 saturated heterocycles. The Hall–Kier alpha value is -4.36. The van der Waals surface area contributed by atoms with Gasteiger partial charge in [-0.2, -0.15) is 5.10 Å². The highest BCUT2D eigenvalue weighted by molar-refractivity contribution is 5.92. The summed E-state index contributed by atoms with van der Waals surface area (Å²) in [6, 6.07) is 7.65. The molecule has 1 amide bonds. The quantitative estimate of drug-likeness (QED) is 0.258. The number of hydrogen-bond acceptors (Lipinski definition) is 10. The first kappa shape index (κ1) is 29.7. The third-order valence-electron chi connectivity index (χ3n) is 8.06. The van der Waals surface area contributed by atoms with Crippen LogP contribution in [0.4, 0.5) is 5.95 Å². The standard InChI is InChI=1S/C31H38N8O5/c1-3-7-24-26-27(38(2)36-24)30(41)35-28(34-26)21-8-6-9-23(16-21)43-19-20-11-13-39(14-12-20)31-32-17-22(18-33-31)29(40)37-44-25-10-4-5-15-42-25/h6,8-9,16-18,20,25H,3-5,7,10-15,19H2,1-2H3,(H,37,40)(H,34,35,41). The van der Waals surface area contributed by atoms with Crippen LogP contribution in [0.25, 0.3) is 22.4 Å². The van der Waals surface area contributed by atoms with Gasteiger partial charge in [-0.25, -0.2) is 25.3 Å². The fraction of sp³-hybridized carbons (Fsp3) is 0.484. The second-order valence-electron chi connectivity index (χ2n) is 11.3. The van der Waals surface area contributed by atoms with Gasteiger partial charge in [0, 0.05) is 51.1 Å². The van der Waals surface area contributed by atoms with Gasteiger partial charge in [-0.05, 0) is 50.2 Å². The summed E-state index contributed by atoms with van der Waals surface area (Å²) in [5, 5.41) is 4.50. The van der Waals surface area contributed by atoms with Crippen LogP contribution in [0.2, 0.25) is 0 Å². The van der Waals surface area contributed by atoms with Gasteiger partial charge < -0.3 is 19.4 Å². The van der Waals surface area contributed by atoms with Crippen LogP contribution in [0.15, 0.2) is 41.5 Å². The van der Waals surface area contributed by atoms with E-state index >= 15 is 0 Å². The van der Waals surface area contributed by atoms with Crippen LogP contribution in [0.3, 0.4) is 0 Å². The van der Waals surface area contributed by atoms with Gasteiger partial charge in [0.05, 0.1) is 17.9 Å². The van der Waals surface area contributed by atoms with Crippen molar-refractivity contribution in [3.63, 3.8) is 0 Å². The maximum absolute atomic E-state index is 12.9. The number of aromatic amines is 1. The summed E-state index contributed by atoms with van der Waals surface area (Å²) in [5.74, 6) is 1.80. The monoisotopic (exact) mass is 602 g/mol. The fourth-order valence-electron chi connectivity index (χ4n) is 5.62. The van der Waals surface area contributed by atoms with E-state index in [1.807, 2.05) is 24.3 Å². The first-order valence-electron chi connectivity index (χ1n) is 15.3. The SMILES string of the molecule is CCCc1nn(C)c2c(=O)[nH]c(-c3cccc(OCC4CCN(c5ncc(C(=O)NOC6CCCCO6)cn5)CC4)c3)nc12. The largest absolute Gasteiger partial charge is 0.493 e. The second-order valence-corrected chi connectivity index (χ2v) is 11.3. The van der Waals surface area contributed by atoms with Crippen molar-refractivity contribution in [1.82, 2.24) is 35.2 Å². The molecular formula is C31H38N8O5. The number of rotatable bonds is 10. The summed E-state index contributed by atoms with van der Waals surface area (Å²) in [4.78, 5) is 49.2. The van der Waals surface area contributed by atoms with Crippen molar-refractivity contribution >= 4 is 22.9 Å². The normalized spacial score (nSPS) is 17.6. The van der Waals surface area contributed by atoms with Crippen molar-refractivity contribution in [3.8, 4) is 17.1 Å². The van der Waals surface area contributed by atoms with Gasteiger partial charge in [-0.3, -0.25) is 14.3 Å². The van der Waals surface area contributed by atoms with E-state index in [2.05, 4.69) is 37.4 Å². The minimum Gasteiger partial charge on any atom is -0.493 e. The van der Waals surface area contributed by atoms with E-state index in [1.165, 1.54) is 12.4 Å². The molecule has 0 aliphatic carbocycles. The number of nitrogens with one attached hydrogen (secondary N) is 2. The molecular weight excluding hydrogens is 564 g/mol. The number of carbonyl (C=O) groups excluding carboxylic acids is 1. The van der Waals surface area contributed by atoms with Gasteiger partial charge in [-0.1, -0.05) is 25.5 Å². The Labute approximate surface area is 254 Å². The topological polar surface area (TPSA) is 149 Å². The molecule has 2 N–H and O–H groups in total. The first-order chi connectivity index (χ1) is 21.5. The number of H-pyrrole nitrogens is 1. The molecule has 4 aromatic rings. The van der Waals surface area contributed by atoms with Crippen LogP contribution < -0.4 is 20.7 Å². The molecule has 2 fully saturated rings. The van der Waals surface area contributed by atoms with E-state index < -0.39 is 12.2 Å². The van der Waals surface area contributed by atoms with Gasteiger partial charge in [0.2, 0.25) is 5.95 Å². The molecule has 44 heavy (non-hydrogen) atoms. The minimum atomic E-state index is -0.411. The van der Waals surface area contributed by atoms with Crippen LogP contribution >= 0.6 is 0 Å². The van der Waals surface area contributed by atoms with Gasteiger partial charge >= 0.3 is 0 Å². The lowest BCUT2D eigenvalue weighted by Crippen LogP contribution is -2.37. The molecule has 0 spiro atoms. The predicted octanol–water partition coefficient (Wildman–Crippen LogP) is 3.55. The fourth-order valence-corrected chi connectivity index (χ4v) is 5.62. The van der Waals surface area contributed by atoms with E-state index in [0.29, 0.717) is 47.5 Å². The van der Waals surface area contributed by atoms with Crippen molar-refractivity contribution in [1.29, 1.82) is 0 Å². The number of nitrogens with zero attached hydrogens (tertiary/aromatic N) is 6. The zero-order chi connectivity index (χ0) is 30.5. The van der Waals surface area contributed by atoms with Crippen LogP contribution in [-0.4, -0.2) is 68.2 Å². The Balaban J connectivity index is 1.01. The summed E-state index contributed by atoms with van der Waals surface area (Å²) in [7, 11) is 1.77. The highest BCUT2D eigenvalue weighted by atomic mass is 16.8. The molecule has 0 bridgehead atoms. The number of fused-ring (bicyclic) bond motifs is 1. The maximum atomic E-state index is 12.9. The maximum Gasteiger partial charge on any atom is 0.278 e. The average molecular weight is 603 g/mol. The number of amides is 1. The van der Waals surface area contributed by atoms with Gasteiger partial charge in [0.25, 0.3) is 11.5 Å². The second kappa shape index (κ2) is 13.5. The summed E-state index contributed by atoms with van der Waals surface area (Å²) in [6.45, 7) is 4.88. The molecule has 0 radical (unpaired) electrons. The zero-order valence-electron chi connectivity index (χ0n) is 25.1. The summed E-state index contributed by atoms with van der Waals surface area (Å²) < 4.78 is 13.3. The zero-order valence-corrected chi connectivity index (χ0v) is 25.1. The van der Waals surface area contributed by atoms with E-state index in [-0.39, 0.29) is 5.56 Å². The van der Waals surface area contributed by atoms with E-state index in [9.17, 15) is 9.59 Å². The van der Waals surface area contributed by atoms with Crippen molar-refractivity contribution in [2.45, 2.75) is 58.2 Å². The highest BCUT2D eigenvalue weighted by Crippen LogP contribution is 2.26. The van der Waals surface area contributed by atoms with Crippen molar-refractivity contribution < 1.29 is 19.1 Å². The number of aromatic nitrogens is 6. The Morgan fingerprint density at radius 1 is 1.16 bits per heavy atom. The number of hydrogen-bond donors (Lipinski definition) is 2. The molecule has 2 aliphatic heterocycles. The van der Waals surface area contributed by atoms with Crippen LogP contribution in [0, 0.1) is 5.92 Å². The number of aryl methyl sites for hydroxylation is 2. The van der Waals surface area contributed by atoms with Crippen molar-refractivity contribution in [2.75, 3.05) is 31.2 Å². The summed E-state index contributed by atoms with van der Waals surface area (Å²) in [5.41, 5.74) is 5.30. The first-order valence-corrected chi connectivity index (χ1v) is 15.3. The lowest BCUT2D eigenvalue weighted by Gasteiger charge is -2.31. The molecule has 1 aromatic carbocycles. The molecule has 6 rings (SSSR count). The van der Waals surface area contributed by atoms with E-state index in [4.69, 9.17) is 19.3 Å². The molecule has 0 saturated carbocycles. The lowest BCUT2D eigenvalue weighted by atomic mass is 9.98. The van der Waals surface area contributed by atoms with Gasteiger partial charge in [-0.15, -0.1) is 0 Å². The van der Waals surface area contributed by atoms with Crippen molar-refractivity contribution in [3.05, 3.63) is 58.3 Å². The Morgan fingerprint density at radius 3 is 2.73 bits per heavy atom. The predicted molar refractivity (Wildman–Crippen MR) is 163 cm³/mol. The molecule has 5 heterocycles. The van der Waals surface area contributed by atoms with Gasteiger partial charge in [0.15, 0.2) is 11.8 Å². The summed E-state index contributed by atoms with van der Waals surface area (Å²) >= 11 is 0. The summed E-state index contributed by atoms with van der Waals surface area (Å²) in [6.07, 6.45) is 8.93. The van der Waals surface area contributed by atoms with Crippen molar-refractivity contribution in [2.24, 2.45) is 13.0 Å². The number of anilines is 1. The number of benzene rings is 1. The molecule has 3 aromatic heterocycles. The lowest BCUT2D eigenvalue weighted by molar-refractivity contribution is -0.186. The van der Waals surface area contributed by atoms with Crippen LogP contribution in [0.5, 0.6) is 5.75 Å². The van der Waals surface area contributed by atoms with Crippen LogP contribution in [0.1, 0.15) is 61.5 Å². The van der Waals surface area contributed by atoms with E-state index in [0.717, 1.165) is 75.0 Å². The number of carbonyl (C=O) groups is 1. The average Bonchev–Trinajstić information content (AvgIpc) is 3.38. The smallest absolute Gasteiger partial charge is 0.278 e. The third-order valence-corrected chi connectivity index (χ3v) is 8.06. The van der Waals surface area contributed by atoms with E-state index in [1.54, 1.807) is 11.7 Å². The molecule has 13 heteroatoms. The number of hydroxylamine groups is 1. The number of ether oxygens (including phenoxy) is 2. The Bertz CT molecular complexity index is 1640. The van der Waals surface area contributed by atoms with Gasteiger partial charge in [0.1, 0.15) is 17.1 Å². The Morgan fingerprint density at radius 2 is 1.98 bits per heavy atom. The molecule has 232 valence electrons. The highest BCUT2D eigenvalue weighted by Gasteiger charge is 2.23. The number of piperidine rings is 1.